The van der Waals surface area contributed by atoms with Gasteiger partial charge in [0.1, 0.15) is 11.8 Å². The van der Waals surface area contributed by atoms with Crippen molar-refractivity contribution in [1.29, 1.82) is 0 Å². The van der Waals surface area contributed by atoms with Crippen LogP contribution < -0.4 is 10.1 Å². The highest BCUT2D eigenvalue weighted by Gasteiger charge is 2.18. The normalized spacial score (nSPS) is 11.7. The molecule has 8 nitrogen and oxygen atoms in total. The molecule has 1 aromatic carbocycles. The molecule has 0 fully saturated rings. The molecule has 1 amide bonds. The third kappa shape index (κ3) is 3.81. The van der Waals surface area contributed by atoms with Crippen molar-refractivity contribution in [2.24, 2.45) is 0 Å². The third-order valence-corrected chi connectivity index (χ3v) is 2.78. The summed E-state index contributed by atoms with van der Waals surface area (Å²) in [7, 11) is 0. The van der Waals surface area contributed by atoms with Gasteiger partial charge in [-0.05, 0) is 19.1 Å². The molecule has 0 saturated carbocycles. The summed E-state index contributed by atoms with van der Waals surface area (Å²) in [5.74, 6) is -0.574. The van der Waals surface area contributed by atoms with E-state index in [2.05, 4.69) is 15.5 Å². The van der Waals surface area contributed by atoms with E-state index in [-0.39, 0.29) is 12.2 Å². The number of benzene rings is 1. The number of hydrogen-bond donors (Lipinski definition) is 2. The Kier molecular flexibility index (Phi) is 4.72. The maximum Gasteiger partial charge on any atom is 0.325 e. The van der Waals surface area contributed by atoms with E-state index in [1.807, 2.05) is 0 Å². The summed E-state index contributed by atoms with van der Waals surface area (Å²) in [5.41, 5.74) is 0.232. The molecule has 2 aromatic rings. The Labute approximate surface area is 126 Å². The van der Waals surface area contributed by atoms with E-state index < -0.39 is 17.9 Å². The molecule has 1 aromatic heterocycles. The standard InChI is InChI=1S/C14H15N3O5/c1-8(14(19)20)15-13(18)10-5-3-4-6-11(10)21-7-12-16-9(2)22-17-12/h3-6,8H,7H2,1-2H3,(H,15,18)(H,19,20). The van der Waals surface area contributed by atoms with Gasteiger partial charge in [-0.1, -0.05) is 17.3 Å². The first-order valence-electron chi connectivity index (χ1n) is 6.52. The van der Waals surface area contributed by atoms with Gasteiger partial charge in [-0.2, -0.15) is 4.98 Å². The van der Waals surface area contributed by atoms with Crippen LogP contribution in [0.4, 0.5) is 0 Å². The molecular weight excluding hydrogens is 290 g/mol. The fourth-order valence-electron chi connectivity index (χ4n) is 1.66. The van der Waals surface area contributed by atoms with Crippen LogP contribution in [0, 0.1) is 6.92 Å². The number of carbonyl (C=O) groups excluding carboxylic acids is 1. The van der Waals surface area contributed by atoms with Gasteiger partial charge in [0.25, 0.3) is 5.91 Å². The van der Waals surface area contributed by atoms with Crippen LogP contribution in [0.1, 0.15) is 29.0 Å². The molecule has 2 rings (SSSR count). The number of nitrogens with zero attached hydrogens (tertiary/aromatic N) is 2. The highest BCUT2D eigenvalue weighted by Crippen LogP contribution is 2.19. The van der Waals surface area contributed by atoms with Gasteiger partial charge in [0.15, 0.2) is 6.61 Å². The van der Waals surface area contributed by atoms with Crippen molar-refractivity contribution in [1.82, 2.24) is 15.5 Å². The minimum absolute atomic E-state index is 0.0378. The molecule has 1 heterocycles. The number of carboxylic acids is 1. The number of ether oxygens (including phenoxy) is 1. The highest BCUT2D eigenvalue weighted by molar-refractivity contribution is 5.98. The predicted octanol–water partition coefficient (Wildman–Crippen LogP) is 1.16. The van der Waals surface area contributed by atoms with Crippen molar-refractivity contribution in [3.8, 4) is 5.75 Å². The topological polar surface area (TPSA) is 115 Å². The second-order valence-electron chi connectivity index (χ2n) is 4.55. The van der Waals surface area contributed by atoms with Crippen molar-refractivity contribution in [3.63, 3.8) is 0 Å². The number of nitrogens with one attached hydrogen (secondary N) is 1. The minimum Gasteiger partial charge on any atom is -0.485 e. The van der Waals surface area contributed by atoms with Crippen LogP contribution in [-0.4, -0.2) is 33.2 Å². The van der Waals surface area contributed by atoms with Crippen molar-refractivity contribution in [2.75, 3.05) is 0 Å². The molecule has 2 N–H and O–H groups in total. The van der Waals surface area contributed by atoms with Gasteiger partial charge in [0.2, 0.25) is 11.7 Å². The van der Waals surface area contributed by atoms with Gasteiger partial charge in [-0.3, -0.25) is 9.59 Å². The predicted molar refractivity (Wildman–Crippen MR) is 74.4 cm³/mol. The van der Waals surface area contributed by atoms with Crippen LogP contribution in [0.3, 0.4) is 0 Å². The molecule has 1 atom stereocenters. The number of aliphatic carboxylic acids is 1. The highest BCUT2D eigenvalue weighted by atomic mass is 16.5. The fraction of sp³-hybridized carbons (Fsp3) is 0.286. The first-order valence-corrected chi connectivity index (χ1v) is 6.52. The Morgan fingerprint density at radius 1 is 1.41 bits per heavy atom. The van der Waals surface area contributed by atoms with Crippen LogP contribution in [0.5, 0.6) is 5.75 Å². The average Bonchev–Trinajstić information content (AvgIpc) is 2.90. The molecule has 0 spiro atoms. The summed E-state index contributed by atoms with van der Waals surface area (Å²) >= 11 is 0. The monoisotopic (exact) mass is 305 g/mol. The quantitative estimate of drug-likeness (QED) is 0.822. The van der Waals surface area contributed by atoms with Crippen molar-refractivity contribution in [2.45, 2.75) is 26.5 Å². The molecule has 0 bridgehead atoms. The van der Waals surface area contributed by atoms with Gasteiger partial charge in [0, 0.05) is 6.92 Å². The van der Waals surface area contributed by atoms with Gasteiger partial charge < -0.3 is 19.7 Å². The Morgan fingerprint density at radius 3 is 2.77 bits per heavy atom. The number of hydrogen-bond acceptors (Lipinski definition) is 6. The van der Waals surface area contributed by atoms with Crippen LogP contribution >= 0.6 is 0 Å². The molecule has 0 aliphatic rings. The lowest BCUT2D eigenvalue weighted by Crippen LogP contribution is -2.38. The molecule has 0 aliphatic carbocycles. The largest absolute Gasteiger partial charge is 0.485 e. The van der Waals surface area contributed by atoms with Crippen LogP contribution in [0.25, 0.3) is 0 Å². The summed E-state index contributed by atoms with van der Waals surface area (Å²) in [6.45, 7) is 3.08. The number of carboxylic acid groups (broad SMARTS) is 1. The van der Waals surface area contributed by atoms with Crippen molar-refractivity contribution in [3.05, 3.63) is 41.5 Å². The first-order chi connectivity index (χ1) is 10.5. The van der Waals surface area contributed by atoms with E-state index in [4.69, 9.17) is 14.4 Å². The van der Waals surface area contributed by atoms with E-state index in [9.17, 15) is 9.59 Å². The average molecular weight is 305 g/mol. The summed E-state index contributed by atoms with van der Waals surface area (Å²) in [4.78, 5) is 26.9. The van der Waals surface area contributed by atoms with Gasteiger partial charge >= 0.3 is 5.97 Å². The molecular formula is C14H15N3O5. The summed E-state index contributed by atoms with van der Waals surface area (Å²) in [5, 5.41) is 14.9. The Morgan fingerprint density at radius 2 is 2.14 bits per heavy atom. The molecule has 0 radical (unpaired) electrons. The number of para-hydroxylation sites is 1. The summed E-state index contributed by atoms with van der Waals surface area (Å²) < 4.78 is 10.3. The smallest absolute Gasteiger partial charge is 0.325 e. The number of aromatic nitrogens is 2. The Bertz CT molecular complexity index is 683. The lowest BCUT2D eigenvalue weighted by atomic mass is 10.1. The van der Waals surface area contributed by atoms with Crippen LogP contribution in [0.2, 0.25) is 0 Å². The van der Waals surface area contributed by atoms with Gasteiger partial charge in [-0.15, -0.1) is 0 Å². The van der Waals surface area contributed by atoms with E-state index in [0.29, 0.717) is 17.5 Å². The van der Waals surface area contributed by atoms with Gasteiger partial charge in [-0.25, -0.2) is 0 Å². The number of aryl methyl sites for hydroxylation is 1. The van der Waals surface area contributed by atoms with Crippen molar-refractivity contribution >= 4 is 11.9 Å². The minimum atomic E-state index is -1.12. The Hall–Kier alpha value is -2.90. The maximum absolute atomic E-state index is 12.1. The van der Waals surface area contributed by atoms with Crippen LogP contribution in [0.15, 0.2) is 28.8 Å². The number of rotatable bonds is 6. The summed E-state index contributed by atoms with van der Waals surface area (Å²) in [6.07, 6.45) is 0. The zero-order chi connectivity index (χ0) is 16.1. The van der Waals surface area contributed by atoms with E-state index in [0.717, 1.165) is 0 Å². The van der Waals surface area contributed by atoms with Crippen LogP contribution in [-0.2, 0) is 11.4 Å². The molecule has 22 heavy (non-hydrogen) atoms. The van der Waals surface area contributed by atoms with Gasteiger partial charge in [0.05, 0.1) is 5.56 Å². The first kappa shape index (κ1) is 15.5. The SMILES string of the molecule is Cc1nc(COc2ccccc2C(=O)NC(C)C(=O)O)no1. The zero-order valence-electron chi connectivity index (χ0n) is 12.1. The Balaban J connectivity index is 2.09. The lowest BCUT2D eigenvalue weighted by molar-refractivity contribution is -0.138. The van der Waals surface area contributed by atoms with E-state index >= 15 is 0 Å². The molecule has 0 aliphatic heterocycles. The second kappa shape index (κ2) is 6.70. The number of amides is 1. The molecule has 8 heteroatoms. The lowest BCUT2D eigenvalue weighted by Gasteiger charge is -2.12. The second-order valence-corrected chi connectivity index (χ2v) is 4.55. The fourth-order valence-corrected chi connectivity index (χ4v) is 1.66. The molecule has 0 saturated heterocycles. The van der Waals surface area contributed by atoms with Crippen molar-refractivity contribution < 1.29 is 24.0 Å². The maximum atomic E-state index is 12.1. The van der Waals surface area contributed by atoms with E-state index in [1.54, 1.807) is 31.2 Å². The summed E-state index contributed by atoms with van der Waals surface area (Å²) in [6, 6.07) is 5.51. The number of carbonyl (C=O) groups is 2. The molecule has 116 valence electrons. The molecule has 1 unspecified atom stereocenters. The third-order valence-electron chi connectivity index (χ3n) is 2.78. The zero-order valence-corrected chi connectivity index (χ0v) is 12.1. The van der Waals surface area contributed by atoms with E-state index in [1.165, 1.54) is 6.92 Å².